The number of hydrogen-bond acceptors (Lipinski definition) is 4. The van der Waals surface area contributed by atoms with Crippen LogP contribution in [0.2, 0.25) is 0 Å². The van der Waals surface area contributed by atoms with Crippen LogP contribution in [-0.4, -0.2) is 24.6 Å². The lowest BCUT2D eigenvalue weighted by molar-refractivity contribution is -0.365. The average Bonchev–Trinajstić information content (AvgIpc) is 2.96. The van der Waals surface area contributed by atoms with E-state index in [1.54, 1.807) is 13.0 Å². The van der Waals surface area contributed by atoms with Crippen molar-refractivity contribution in [2.75, 3.05) is 6.54 Å². The third-order valence-corrected chi connectivity index (χ3v) is 4.39. The minimum atomic E-state index is -1.31. The molecule has 0 radical (unpaired) electrons. The molecule has 0 heterocycles. The predicted molar refractivity (Wildman–Crippen MR) is 87.9 cm³/mol. The SMILES string of the molecule is CC[C@@H](C)[C@@H](NC(=O)Oc1cccc2c1C(CC[NH3+])=CC2)C(=O)[O-]. The second-order valence-electron chi connectivity index (χ2n) is 6.04. The standard InChI is InChI=1S/C18H24N2O4/c1-3-11(2)16(17(21)22)20-18(23)24-14-6-4-5-12-7-8-13(9-10-19)15(12)14/h4-6,8,11,16H,3,7,9-10,19H2,1-2H3,(H,20,23)(H,21,22)/t11-,16-/m1/s1. The summed E-state index contributed by atoms with van der Waals surface area (Å²) in [6, 6.07) is 4.47. The minimum Gasteiger partial charge on any atom is -0.548 e. The van der Waals surface area contributed by atoms with E-state index in [-0.39, 0.29) is 5.92 Å². The van der Waals surface area contributed by atoms with E-state index < -0.39 is 18.1 Å². The van der Waals surface area contributed by atoms with Crippen LogP contribution in [0.25, 0.3) is 5.57 Å². The van der Waals surface area contributed by atoms with Crippen LogP contribution in [0.1, 0.15) is 37.8 Å². The molecule has 0 aliphatic heterocycles. The number of benzene rings is 1. The number of allylic oxidation sites excluding steroid dienone is 1. The highest BCUT2D eigenvalue weighted by atomic mass is 16.6. The van der Waals surface area contributed by atoms with Crippen LogP contribution in [0.4, 0.5) is 4.79 Å². The van der Waals surface area contributed by atoms with Gasteiger partial charge < -0.3 is 25.7 Å². The molecule has 130 valence electrons. The van der Waals surface area contributed by atoms with Crippen molar-refractivity contribution in [2.24, 2.45) is 5.92 Å². The molecule has 0 saturated carbocycles. The third-order valence-electron chi connectivity index (χ3n) is 4.39. The zero-order chi connectivity index (χ0) is 17.7. The fourth-order valence-corrected chi connectivity index (χ4v) is 2.87. The van der Waals surface area contributed by atoms with Gasteiger partial charge in [0, 0.05) is 12.0 Å². The number of hydrogen-bond donors (Lipinski definition) is 2. The molecule has 1 aliphatic carbocycles. The lowest BCUT2D eigenvalue weighted by atomic mass is 10.00. The van der Waals surface area contributed by atoms with Crippen molar-refractivity contribution in [1.82, 2.24) is 5.32 Å². The molecule has 0 saturated heterocycles. The molecule has 0 bridgehead atoms. The molecule has 2 rings (SSSR count). The molecule has 1 aliphatic rings. The molecule has 4 N–H and O–H groups in total. The quantitative estimate of drug-likeness (QED) is 0.759. The number of rotatable bonds is 7. The molecule has 0 fully saturated rings. The first-order valence-electron chi connectivity index (χ1n) is 8.27. The van der Waals surface area contributed by atoms with Gasteiger partial charge >= 0.3 is 6.09 Å². The van der Waals surface area contributed by atoms with Crippen LogP contribution in [0.3, 0.4) is 0 Å². The first-order chi connectivity index (χ1) is 11.5. The van der Waals surface area contributed by atoms with Gasteiger partial charge in [0.05, 0.1) is 18.6 Å². The zero-order valence-electron chi connectivity index (χ0n) is 14.1. The number of nitrogens with one attached hydrogen (secondary N) is 1. The van der Waals surface area contributed by atoms with Crippen molar-refractivity contribution < 1.29 is 25.2 Å². The lowest BCUT2D eigenvalue weighted by Gasteiger charge is -2.25. The van der Waals surface area contributed by atoms with Crippen molar-refractivity contribution in [1.29, 1.82) is 0 Å². The topological polar surface area (TPSA) is 106 Å². The van der Waals surface area contributed by atoms with Crippen molar-refractivity contribution in [2.45, 2.75) is 39.2 Å². The number of carbonyl (C=O) groups excluding carboxylic acids is 2. The van der Waals surface area contributed by atoms with Gasteiger partial charge in [0.1, 0.15) is 5.75 Å². The van der Waals surface area contributed by atoms with Gasteiger partial charge in [-0.2, -0.15) is 0 Å². The number of carboxylic acids is 1. The van der Waals surface area contributed by atoms with Gasteiger partial charge in [0.15, 0.2) is 0 Å². The Hall–Kier alpha value is -2.34. The normalized spacial score (nSPS) is 15.2. The summed E-state index contributed by atoms with van der Waals surface area (Å²) in [5.74, 6) is -1.11. The smallest absolute Gasteiger partial charge is 0.413 e. The average molecular weight is 332 g/mol. The van der Waals surface area contributed by atoms with Crippen molar-refractivity contribution in [3.63, 3.8) is 0 Å². The maximum Gasteiger partial charge on any atom is 0.413 e. The molecule has 6 heteroatoms. The Kier molecular flexibility index (Phi) is 5.98. The fourth-order valence-electron chi connectivity index (χ4n) is 2.87. The summed E-state index contributed by atoms with van der Waals surface area (Å²) >= 11 is 0. The maximum atomic E-state index is 12.2. The Balaban J connectivity index is 2.14. The van der Waals surface area contributed by atoms with E-state index in [0.717, 1.165) is 36.1 Å². The number of ether oxygens (including phenoxy) is 1. The highest BCUT2D eigenvalue weighted by Gasteiger charge is 2.23. The Labute approximate surface area is 141 Å². The monoisotopic (exact) mass is 332 g/mol. The number of carboxylic acid groups (broad SMARTS) is 1. The Morgan fingerprint density at radius 2 is 2.17 bits per heavy atom. The van der Waals surface area contributed by atoms with Crippen molar-refractivity contribution in [3.05, 3.63) is 35.4 Å². The van der Waals surface area contributed by atoms with E-state index in [9.17, 15) is 14.7 Å². The Morgan fingerprint density at radius 1 is 1.42 bits per heavy atom. The van der Waals surface area contributed by atoms with E-state index in [4.69, 9.17) is 4.74 Å². The summed E-state index contributed by atoms with van der Waals surface area (Å²) in [4.78, 5) is 23.4. The molecule has 0 spiro atoms. The number of aliphatic carboxylic acids is 1. The summed E-state index contributed by atoms with van der Waals surface area (Å²) in [7, 11) is 0. The van der Waals surface area contributed by atoms with E-state index in [0.29, 0.717) is 12.2 Å². The molecule has 1 aromatic rings. The van der Waals surface area contributed by atoms with Gasteiger partial charge in [-0.05, 0) is 29.5 Å². The van der Waals surface area contributed by atoms with Gasteiger partial charge in [-0.25, -0.2) is 4.79 Å². The molecular formula is C18H24N2O4. The molecular weight excluding hydrogens is 308 g/mol. The van der Waals surface area contributed by atoms with Gasteiger partial charge in [-0.3, -0.25) is 0 Å². The number of carbonyl (C=O) groups is 2. The van der Waals surface area contributed by atoms with Gasteiger partial charge in [-0.1, -0.05) is 38.5 Å². The minimum absolute atomic E-state index is 0.245. The van der Waals surface area contributed by atoms with Crippen LogP contribution in [0.5, 0.6) is 5.75 Å². The highest BCUT2D eigenvalue weighted by molar-refractivity contribution is 5.83. The summed E-state index contributed by atoms with van der Waals surface area (Å²) in [5.41, 5.74) is 7.00. The summed E-state index contributed by atoms with van der Waals surface area (Å²) in [5, 5.41) is 13.6. The number of quaternary nitrogens is 1. The van der Waals surface area contributed by atoms with E-state index >= 15 is 0 Å². The van der Waals surface area contributed by atoms with Crippen LogP contribution in [0, 0.1) is 5.92 Å². The first kappa shape index (κ1) is 18.0. The summed E-state index contributed by atoms with van der Waals surface area (Å²) < 4.78 is 5.41. The van der Waals surface area contributed by atoms with Gasteiger partial charge in [0.25, 0.3) is 0 Å². The first-order valence-corrected chi connectivity index (χ1v) is 8.27. The molecule has 2 atom stereocenters. The maximum absolute atomic E-state index is 12.2. The number of fused-ring (bicyclic) bond motifs is 1. The van der Waals surface area contributed by atoms with E-state index in [1.165, 1.54) is 0 Å². The van der Waals surface area contributed by atoms with E-state index in [1.807, 2.05) is 19.1 Å². The van der Waals surface area contributed by atoms with Crippen LogP contribution < -0.4 is 20.9 Å². The van der Waals surface area contributed by atoms with Crippen LogP contribution >= 0.6 is 0 Å². The van der Waals surface area contributed by atoms with Crippen molar-refractivity contribution in [3.8, 4) is 5.75 Å². The Morgan fingerprint density at radius 3 is 2.79 bits per heavy atom. The van der Waals surface area contributed by atoms with Crippen LogP contribution in [0.15, 0.2) is 24.3 Å². The largest absolute Gasteiger partial charge is 0.548 e. The van der Waals surface area contributed by atoms with Gasteiger partial charge in [0.2, 0.25) is 0 Å². The Bertz CT molecular complexity index is 654. The molecule has 24 heavy (non-hydrogen) atoms. The third kappa shape index (κ3) is 3.94. The second kappa shape index (κ2) is 7.97. The summed E-state index contributed by atoms with van der Waals surface area (Å²) in [6.07, 6.45) is 3.56. The molecule has 6 nitrogen and oxygen atoms in total. The van der Waals surface area contributed by atoms with E-state index in [2.05, 4.69) is 17.1 Å². The zero-order valence-corrected chi connectivity index (χ0v) is 14.1. The van der Waals surface area contributed by atoms with Gasteiger partial charge in [-0.15, -0.1) is 0 Å². The molecule has 0 aromatic heterocycles. The molecule has 0 unspecified atom stereocenters. The fraction of sp³-hybridized carbons (Fsp3) is 0.444. The molecule has 1 aromatic carbocycles. The van der Waals surface area contributed by atoms with Crippen LogP contribution in [-0.2, 0) is 11.2 Å². The lowest BCUT2D eigenvalue weighted by Crippen LogP contribution is -2.52. The number of amides is 1. The highest BCUT2D eigenvalue weighted by Crippen LogP contribution is 2.36. The molecule has 1 amide bonds. The van der Waals surface area contributed by atoms with Crippen molar-refractivity contribution >= 4 is 17.6 Å². The summed E-state index contributed by atoms with van der Waals surface area (Å²) in [6.45, 7) is 4.36. The predicted octanol–water partition coefficient (Wildman–Crippen LogP) is 0.511. The second-order valence-corrected chi connectivity index (χ2v) is 6.04.